The normalized spacial score (nSPS) is 16.1. The largest absolute Gasteiger partial charge is 0.378 e. The predicted molar refractivity (Wildman–Crippen MR) is 127 cm³/mol. The van der Waals surface area contributed by atoms with Gasteiger partial charge in [0.2, 0.25) is 6.54 Å². The number of morpholine rings is 1. The van der Waals surface area contributed by atoms with Gasteiger partial charge in [0.25, 0.3) is 0 Å². The van der Waals surface area contributed by atoms with Crippen LogP contribution in [0.5, 0.6) is 0 Å². The Morgan fingerprint density at radius 3 is 2.73 bits per heavy atom. The van der Waals surface area contributed by atoms with Gasteiger partial charge in [-0.3, -0.25) is 0 Å². The highest BCUT2D eigenvalue weighted by Gasteiger charge is 2.21. The molecule has 6 rings (SSSR count). The Kier molecular flexibility index (Phi) is 4.99. The SMILES string of the molecule is O=[N+]1CCc2ccc(-c3cn4ccnc4c(Nc4ccc(N5CCOCC5)cc4)n3)cc2C1. The van der Waals surface area contributed by atoms with E-state index >= 15 is 0 Å². The number of nitroso groups, excluding NO2 is 1. The molecule has 2 aliphatic heterocycles. The molecule has 1 saturated heterocycles. The Hall–Kier alpha value is -3.78. The van der Waals surface area contributed by atoms with Gasteiger partial charge in [0.1, 0.15) is 0 Å². The minimum atomic E-state index is 0.428. The number of hydrogen-bond donors (Lipinski definition) is 1. The Bertz CT molecular complexity index is 1320. The van der Waals surface area contributed by atoms with Crippen molar-refractivity contribution in [3.05, 3.63) is 77.1 Å². The Balaban J connectivity index is 1.31. The van der Waals surface area contributed by atoms with E-state index in [-0.39, 0.29) is 0 Å². The van der Waals surface area contributed by atoms with Crippen LogP contribution < -0.4 is 10.2 Å². The van der Waals surface area contributed by atoms with E-state index in [0.717, 1.165) is 65.6 Å². The molecule has 4 aromatic rings. The zero-order valence-corrected chi connectivity index (χ0v) is 18.3. The van der Waals surface area contributed by atoms with Crippen LogP contribution in [-0.2, 0) is 17.7 Å². The first-order valence-electron chi connectivity index (χ1n) is 11.3. The molecule has 8 nitrogen and oxygen atoms in total. The van der Waals surface area contributed by atoms with Gasteiger partial charge in [0.05, 0.1) is 18.9 Å². The van der Waals surface area contributed by atoms with Crippen LogP contribution in [0, 0.1) is 4.91 Å². The number of ether oxygens (including phenoxy) is 1. The molecule has 1 N–H and O–H groups in total. The lowest BCUT2D eigenvalue weighted by Gasteiger charge is -2.28. The number of hydrogen-bond acceptors (Lipinski definition) is 6. The number of imidazole rings is 1. The predicted octanol–water partition coefficient (Wildman–Crippen LogP) is 3.81. The van der Waals surface area contributed by atoms with Crippen LogP contribution in [0.3, 0.4) is 0 Å². The topological polar surface area (TPSA) is 74.8 Å². The van der Waals surface area contributed by atoms with E-state index in [0.29, 0.717) is 18.9 Å². The maximum atomic E-state index is 11.9. The summed E-state index contributed by atoms with van der Waals surface area (Å²) in [6, 6.07) is 14.7. The Morgan fingerprint density at radius 1 is 1.03 bits per heavy atom. The summed E-state index contributed by atoms with van der Waals surface area (Å²) in [5.74, 6) is 0.694. The van der Waals surface area contributed by atoms with Crippen LogP contribution in [-0.4, -0.2) is 52.0 Å². The van der Waals surface area contributed by atoms with Crippen LogP contribution in [0.1, 0.15) is 11.1 Å². The molecule has 0 atom stereocenters. The average molecular weight is 442 g/mol. The molecule has 166 valence electrons. The number of benzene rings is 2. The molecule has 0 radical (unpaired) electrons. The maximum Gasteiger partial charge on any atom is 0.217 e. The number of nitrogens with one attached hydrogen (secondary N) is 1. The summed E-state index contributed by atoms with van der Waals surface area (Å²) in [7, 11) is 0. The summed E-state index contributed by atoms with van der Waals surface area (Å²) in [5, 5.41) is 3.45. The van der Waals surface area contributed by atoms with E-state index in [1.165, 1.54) is 11.3 Å². The molecule has 4 heterocycles. The van der Waals surface area contributed by atoms with Crippen LogP contribution >= 0.6 is 0 Å². The zero-order chi connectivity index (χ0) is 22.2. The van der Waals surface area contributed by atoms with Crippen LogP contribution in [0.4, 0.5) is 17.2 Å². The molecule has 0 aliphatic carbocycles. The second kappa shape index (κ2) is 8.29. The van der Waals surface area contributed by atoms with Gasteiger partial charge in [-0.25, -0.2) is 9.97 Å². The molecule has 0 amide bonds. The third-order valence-electron chi connectivity index (χ3n) is 6.36. The second-order valence-corrected chi connectivity index (χ2v) is 8.50. The third-order valence-corrected chi connectivity index (χ3v) is 6.36. The van der Waals surface area contributed by atoms with Gasteiger partial charge in [-0.15, -0.1) is 0 Å². The lowest BCUT2D eigenvalue weighted by Crippen LogP contribution is -2.36. The standard InChI is InChI=1S/C25H25N6O2/c32-31-9-7-18-1-2-19(15-20(18)16-31)23-17-30-10-8-26-25(30)24(28-23)27-21-3-5-22(6-4-21)29-11-13-33-14-12-29/h1-6,8,10,15,17H,7,9,11-14,16H2,(H,27,28)/q+1. The molecule has 2 aliphatic rings. The number of aromatic nitrogens is 3. The molecule has 0 spiro atoms. The quantitative estimate of drug-likeness (QED) is 0.486. The number of nitrogens with zero attached hydrogens (tertiary/aromatic N) is 5. The van der Waals surface area contributed by atoms with Gasteiger partial charge >= 0.3 is 0 Å². The van der Waals surface area contributed by atoms with Crippen molar-refractivity contribution in [1.29, 1.82) is 0 Å². The molecular weight excluding hydrogens is 416 g/mol. The Labute approximate surface area is 191 Å². The molecule has 0 saturated carbocycles. The van der Waals surface area contributed by atoms with Crippen molar-refractivity contribution in [2.45, 2.75) is 13.0 Å². The number of rotatable bonds is 4. The highest BCUT2D eigenvalue weighted by Crippen LogP contribution is 2.28. The smallest absolute Gasteiger partial charge is 0.217 e. The van der Waals surface area contributed by atoms with Gasteiger partial charge in [-0.2, -0.15) is 0 Å². The van der Waals surface area contributed by atoms with E-state index in [2.05, 4.69) is 57.7 Å². The first kappa shape index (κ1) is 19.9. The molecule has 8 heteroatoms. The number of anilines is 3. The van der Waals surface area contributed by atoms with Crippen molar-refractivity contribution >= 4 is 22.8 Å². The van der Waals surface area contributed by atoms with Crippen molar-refractivity contribution in [1.82, 2.24) is 14.4 Å². The van der Waals surface area contributed by atoms with E-state index in [4.69, 9.17) is 9.72 Å². The molecule has 0 bridgehead atoms. The van der Waals surface area contributed by atoms with Crippen molar-refractivity contribution in [3.63, 3.8) is 0 Å². The van der Waals surface area contributed by atoms with Gasteiger partial charge in [-0.05, 0) is 35.9 Å². The van der Waals surface area contributed by atoms with Crippen molar-refractivity contribution in [3.8, 4) is 11.3 Å². The third kappa shape index (κ3) is 3.93. The van der Waals surface area contributed by atoms with Gasteiger partial charge in [-0.1, -0.05) is 12.1 Å². The summed E-state index contributed by atoms with van der Waals surface area (Å²) in [6.07, 6.45) is 6.47. The summed E-state index contributed by atoms with van der Waals surface area (Å²) in [4.78, 5) is 23.6. The van der Waals surface area contributed by atoms with E-state index in [1.54, 1.807) is 6.20 Å². The van der Waals surface area contributed by atoms with E-state index < -0.39 is 0 Å². The highest BCUT2D eigenvalue weighted by atomic mass is 16.5. The maximum absolute atomic E-state index is 11.9. The number of fused-ring (bicyclic) bond motifs is 2. The molecular formula is C25H25N6O2+. The summed E-state index contributed by atoms with van der Waals surface area (Å²) >= 11 is 0. The second-order valence-electron chi connectivity index (χ2n) is 8.50. The fraction of sp³-hybridized carbons (Fsp3) is 0.280. The van der Waals surface area contributed by atoms with Crippen LogP contribution in [0.2, 0.25) is 0 Å². The van der Waals surface area contributed by atoms with Crippen molar-refractivity contribution in [2.75, 3.05) is 43.1 Å². The van der Waals surface area contributed by atoms with E-state index in [9.17, 15) is 4.91 Å². The van der Waals surface area contributed by atoms with Crippen LogP contribution in [0.25, 0.3) is 16.9 Å². The zero-order valence-electron chi connectivity index (χ0n) is 18.3. The van der Waals surface area contributed by atoms with E-state index in [1.807, 2.05) is 16.8 Å². The average Bonchev–Trinajstić information content (AvgIpc) is 3.34. The Morgan fingerprint density at radius 2 is 1.88 bits per heavy atom. The van der Waals surface area contributed by atoms with Crippen molar-refractivity contribution < 1.29 is 9.50 Å². The van der Waals surface area contributed by atoms with Gasteiger partial charge < -0.3 is 19.4 Å². The summed E-state index contributed by atoms with van der Waals surface area (Å²) in [5.41, 5.74) is 7.05. The first-order chi connectivity index (χ1) is 16.2. The minimum absolute atomic E-state index is 0.428. The monoisotopic (exact) mass is 441 g/mol. The molecule has 2 aromatic carbocycles. The fourth-order valence-electron chi connectivity index (χ4n) is 4.56. The first-order valence-corrected chi connectivity index (χ1v) is 11.3. The summed E-state index contributed by atoms with van der Waals surface area (Å²) in [6.45, 7) is 4.35. The molecule has 1 fully saturated rings. The van der Waals surface area contributed by atoms with Gasteiger partial charge in [0.15, 0.2) is 18.0 Å². The molecule has 2 aromatic heterocycles. The highest BCUT2D eigenvalue weighted by molar-refractivity contribution is 5.74. The van der Waals surface area contributed by atoms with Crippen molar-refractivity contribution in [2.24, 2.45) is 0 Å². The molecule has 33 heavy (non-hydrogen) atoms. The van der Waals surface area contributed by atoms with Gasteiger partial charge in [0, 0.05) is 70.3 Å². The fourth-order valence-corrected chi connectivity index (χ4v) is 4.56. The lowest BCUT2D eigenvalue weighted by molar-refractivity contribution is -0.567. The van der Waals surface area contributed by atoms with Crippen LogP contribution in [0.15, 0.2) is 61.1 Å². The summed E-state index contributed by atoms with van der Waals surface area (Å²) < 4.78 is 8.55. The molecule has 0 unspecified atom stereocenters. The lowest BCUT2D eigenvalue weighted by atomic mass is 9.97. The minimum Gasteiger partial charge on any atom is -0.378 e.